The molecule has 2 atom stereocenters. The summed E-state index contributed by atoms with van der Waals surface area (Å²) in [7, 11) is 0. The molecule has 4 heteroatoms. The van der Waals surface area contributed by atoms with Gasteiger partial charge in [0.05, 0.1) is 0 Å². The minimum absolute atomic E-state index is 0.830. The Morgan fingerprint density at radius 1 is 1.21 bits per heavy atom. The fourth-order valence-corrected chi connectivity index (χ4v) is 3.76. The summed E-state index contributed by atoms with van der Waals surface area (Å²) in [5.74, 6) is 2.52. The van der Waals surface area contributed by atoms with E-state index in [0.29, 0.717) is 0 Å². The van der Waals surface area contributed by atoms with Crippen molar-refractivity contribution in [3.05, 3.63) is 11.7 Å². The topological polar surface area (TPSA) is 42.2 Å². The van der Waals surface area contributed by atoms with Gasteiger partial charge in [0.1, 0.15) is 0 Å². The van der Waals surface area contributed by atoms with Crippen LogP contribution in [0.4, 0.5) is 0 Å². The molecule has 0 aliphatic carbocycles. The Kier molecular flexibility index (Phi) is 4.16. The monoisotopic (exact) mass is 263 g/mol. The molecule has 1 aromatic heterocycles. The standard InChI is InChI=1S/C15H25N3O/c1-2-14-16-15(19-17-14)9-8-12-6-5-11-18-10-4-3-7-13(12)18/h12-13H,2-11H2,1H3/t12-,13+/m0/s1. The van der Waals surface area contributed by atoms with Crippen molar-refractivity contribution in [2.75, 3.05) is 13.1 Å². The molecule has 2 aliphatic rings. The zero-order chi connectivity index (χ0) is 13.1. The number of piperidine rings is 2. The lowest BCUT2D eigenvalue weighted by atomic mass is 9.81. The number of aryl methyl sites for hydroxylation is 2. The summed E-state index contributed by atoms with van der Waals surface area (Å²) in [6.45, 7) is 4.71. The van der Waals surface area contributed by atoms with Crippen molar-refractivity contribution in [3.8, 4) is 0 Å². The highest BCUT2D eigenvalue weighted by atomic mass is 16.5. The third kappa shape index (κ3) is 2.99. The molecule has 2 fully saturated rings. The number of rotatable bonds is 4. The Morgan fingerprint density at radius 2 is 2.11 bits per heavy atom. The van der Waals surface area contributed by atoms with Crippen LogP contribution in [0.2, 0.25) is 0 Å². The molecule has 1 aromatic rings. The molecule has 2 saturated heterocycles. The molecular weight excluding hydrogens is 238 g/mol. The maximum absolute atomic E-state index is 5.31. The largest absolute Gasteiger partial charge is 0.339 e. The second kappa shape index (κ2) is 6.04. The van der Waals surface area contributed by atoms with Crippen LogP contribution >= 0.6 is 0 Å². The van der Waals surface area contributed by atoms with E-state index in [1.807, 2.05) is 0 Å². The highest BCUT2D eigenvalue weighted by Crippen LogP contribution is 2.33. The van der Waals surface area contributed by atoms with Crippen LogP contribution in [-0.2, 0) is 12.8 Å². The van der Waals surface area contributed by atoms with Crippen LogP contribution in [-0.4, -0.2) is 34.2 Å². The summed E-state index contributed by atoms with van der Waals surface area (Å²) < 4.78 is 5.31. The van der Waals surface area contributed by atoms with Crippen LogP contribution in [0, 0.1) is 5.92 Å². The predicted octanol–water partition coefficient (Wildman–Crippen LogP) is 2.83. The molecule has 0 bridgehead atoms. The molecule has 19 heavy (non-hydrogen) atoms. The minimum Gasteiger partial charge on any atom is -0.339 e. The van der Waals surface area contributed by atoms with E-state index in [2.05, 4.69) is 22.0 Å². The first-order chi connectivity index (χ1) is 9.36. The molecule has 4 nitrogen and oxygen atoms in total. The number of hydrogen-bond acceptors (Lipinski definition) is 4. The first kappa shape index (κ1) is 13.1. The van der Waals surface area contributed by atoms with Gasteiger partial charge in [0.2, 0.25) is 5.89 Å². The molecule has 0 radical (unpaired) electrons. The van der Waals surface area contributed by atoms with Crippen LogP contribution < -0.4 is 0 Å². The van der Waals surface area contributed by atoms with Gasteiger partial charge < -0.3 is 9.42 Å². The summed E-state index contributed by atoms with van der Waals surface area (Å²) in [6.07, 6.45) is 10.00. The van der Waals surface area contributed by atoms with Gasteiger partial charge in [0.15, 0.2) is 5.82 Å². The molecule has 0 spiro atoms. The van der Waals surface area contributed by atoms with E-state index in [0.717, 1.165) is 36.5 Å². The summed E-state index contributed by atoms with van der Waals surface area (Å²) in [5.41, 5.74) is 0. The van der Waals surface area contributed by atoms with E-state index in [1.54, 1.807) is 0 Å². The summed E-state index contributed by atoms with van der Waals surface area (Å²) >= 11 is 0. The average Bonchev–Trinajstić information content (AvgIpc) is 2.93. The van der Waals surface area contributed by atoms with E-state index in [4.69, 9.17) is 4.52 Å². The Bertz CT molecular complexity index is 402. The van der Waals surface area contributed by atoms with Gasteiger partial charge in [0.25, 0.3) is 0 Å². The Hall–Kier alpha value is -0.900. The molecule has 106 valence electrons. The molecule has 2 aliphatic heterocycles. The molecule has 0 saturated carbocycles. The lowest BCUT2D eigenvalue weighted by Gasteiger charge is -2.44. The van der Waals surface area contributed by atoms with Crippen molar-refractivity contribution in [1.82, 2.24) is 15.0 Å². The number of hydrogen-bond donors (Lipinski definition) is 0. The Morgan fingerprint density at radius 3 is 2.95 bits per heavy atom. The van der Waals surface area contributed by atoms with Crippen LogP contribution in [0.15, 0.2) is 4.52 Å². The van der Waals surface area contributed by atoms with Gasteiger partial charge in [0, 0.05) is 18.9 Å². The van der Waals surface area contributed by atoms with Crippen molar-refractivity contribution in [3.63, 3.8) is 0 Å². The summed E-state index contributed by atoms with van der Waals surface area (Å²) in [6, 6.07) is 0.830. The van der Waals surface area contributed by atoms with Crippen molar-refractivity contribution < 1.29 is 4.52 Å². The third-order valence-electron chi connectivity index (χ3n) is 4.78. The van der Waals surface area contributed by atoms with Crippen molar-refractivity contribution in [1.29, 1.82) is 0 Å². The highest BCUT2D eigenvalue weighted by molar-refractivity contribution is 4.90. The summed E-state index contributed by atoms with van der Waals surface area (Å²) in [5, 5.41) is 3.98. The van der Waals surface area contributed by atoms with Crippen molar-refractivity contribution in [2.24, 2.45) is 5.92 Å². The quantitative estimate of drug-likeness (QED) is 0.837. The highest BCUT2D eigenvalue weighted by Gasteiger charge is 2.32. The molecular formula is C15H25N3O. The van der Waals surface area contributed by atoms with Crippen molar-refractivity contribution in [2.45, 2.75) is 64.3 Å². The van der Waals surface area contributed by atoms with E-state index in [9.17, 15) is 0 Å². The van der Waals surface area contributed by atoms with Gasteiger partial charge in [-0.25, -0.2) is 0 Å². The molecule has 3 heterocycles. The Balaban J connectivity index is 1.56. The number of nitrogens with zero attached hydrogens (tertiary/aromatic N) is 3. The maximum Gasteiger partial charge on any atom is 0.226 e. The van der Waals surface area contributed by atoms with Crippen LogP contribution in [0.1, 0.15) is 57.2 Å². The maximum atomic E-state index is 5.31. The minimum atomic E-state index is 0.830. The lowest BCUT2D eigenvalue weighted by molar-refractivity contribution is 0.0551. The van der Waals surface area contributed by atoms with Gasteiger partial charge in [-0.15, -0.1) is 0 Å². The van der Waals surface area contributed by atoms with Crippen LogP contribution in [0.3, 0.4) is 0 Å². The molecule has 0 N–H and O–H groups in total. The fourth-order valence-electron chi connectivity index (χ4n) is 3.76. The zero-order valence-electron chi connectivity index (χ0n) is 12.0. The SMILES string of the molecule is CCc1noc(CC[C@@H]2CCCN3CCCC[C@H]23)n1. The third-order valence-corrected chi connectivity index (χ3v) is 4.78. The first-order valence-corrected chi connectivity index (χ1v) is 7.92. The van der Waals surface area contributed by atoms with E-state index in [1.165, 1.54) is 51.6 Å². The van der Waals surface area contributed by atoms with E-state index < -0.39 is 0 Å². The van der Waals surface area contributed by atoms with Gasteiger partial charge in [-0.1, -0.05) is 18.5 Å². The van der Waals surface area contributed by atoms with Gasteiger partial charge in [-0.05, 0) is 51.1 Å². The van der Waals surface area contributed by atoms with Crippen molar-refractivity contribution >= 4 is 0 Å². The Labute approximate surface area is 115 Å². The smallest absolute Gasteiger partial charge is 0.226 e. The summed E-state index contributed by atoms with van der Waals surface area (Å²) in [4.78, 5) is 7.15. The van der Waals surface area contributed by atoms with Gasteiger partial charge >= 0.3 is 0 Å². The molecule has 0 unspecified atom stereocenters. The first-order valence-electron chi connectivity index (χ1n) is 7.92. The zero-order valence-corrected chi connectivity index (χ0v) is 12.0. The van der Waals surface area contributed by atoms with E-state index >= 15 is 0 Å². The normalized spacial score (nSPS) is 28.3. The molecule has 0 aromatic carbocycles. The average molecular weight is 263 g/mol. The fraction of sp³-hybridized carbons (Fsp3) is 0.867. The predicted molar refractivity (Wildman–Crippen MR) is 73.9 cm³/mol. The number of aromatic nitrogens is 2. The lowest BCUT2D eigenvalue weighted by Crippen LogP contribution is -2.48. The molecule has 0 amide bonds. The van der Waals surface area contributed by atoms with Crippen LogP contribution in [0.5, 0.6) is 0 Å². The second-order valence-corrected chi connectivity index (χ2v) is 6.00. The van der Waals surface area contributed by atoms with E-state index in [-0.39, 0.29) is 0 Å². The second-order valence-electron chi connectivity index (χ2n) is 6.00. The number of fused-ring (bicyclic) bond motifs is 1. The van der Waals surface area contributed by atoms with Gasteiger partial charge in [-0.2, -0.15) is 4.98 Å². The molecule has 3 rings (SSSR count). The van der Waals surface area contributed by atoms with Crippen LogP contribution in [0.25, 0.3) is 0 Å². The van der Waals surface area contributed by atoms with Gasteiger partial charge in [-0.3, -0.25) is 0 Å².